The van der Waals surface area contributed by atoms with Gasteiger partial charge in [-0.05, 0) is 42.5 Å². The first-order chi connectivity index (χ1) is 16.5. The maximum absolute atomic E-state index is 11.8. The number of nitrogens with two attached hydrogens (primary N) is 1. The molecule has 2 aromatic carbocycles. The summed E-state index contributed by atoms with van der Waals surface area (Å²) in [6.45, 7) is 3.02. The quantitative estimate of drug-likeness (QED) is 0.407. The number of fused-ring (bicyclic) bond motifs is 1. The minimum atomic E-state index is -0.407. The van der Waals surface area contributed by atoms with Crippen LogP contribution in [0.5, 0.6) is 11.5 Å². The molecule has 1 saturated carbocycles. The fourth-order valence-corrected chi connectivity index (χ4v) is 4.88. The molecule has 0 radical (unpaired) electrons. The number of hydrogen-bond donors (Lipinski definition) is 3. The molecular weight excluding hydrogens is 428 g/mol. The maximum Gasteiger partial charge on any atom is 0.221 e. The zero-order chi connectivity index (χ0) is 24.1. The highest BCUT2D eigenvalue weighted by atomic mass is 16.5. The number of ether oxygens (including phenoxy) is 2. The maximum atomic E-state index is 11.8. The van der Waals surface area contributed by atoms with Gasteiger partial charge in [-0.2, -0.15) is 0 Å². The molecule has 0 bridgehead atoms. The number of aromatic nitrogens is 1. The molecule has 1 aliphatic carbocycles. The second kappa shape index (κ2) is 10.7. The summed E-state index contributed by atoms with van der Waals surface area (Å²) in [5, 5.41) is 8.20. The van der Waals surface area contributed by atoms with E-state index in [1.54, 1.807) is 20.4 Å². The van der Waals surface area contributed by atoms with E-state index in [9.17, 15) is 4.79 Å². The van der Waals surface area contributed by atoms with Gasteiger partial charge in [-0.3, -0.25) is 9.78 Å². The Morgan fingerprint density at radius 3 is 2.53 bits per heavy atom. The number of hydrogen-bond acceptors (Lipinski definition) is 6. The number of carbonyl (C=O) groups is 1. The average Bonchev–Trinajstić information content (AvgIpc) is 3.36. The van der Waals surface area contributed by atoms with Crippen LogP contribution in [0, 0.1) is 0 Å². The van der Waals surface area contributed by atoms with Gasteiger partial charge < -0.3 is 25.8 Å². The molecule has 1 aromatic heterocycles. The number of carbonyl (C=O) groups excluding carboxylic acids is 1. The minimum Gasteiger partial charge on any atom is -0.493 e. The average molecular weight is 463 g/mol. The molecule has 1 amide bonds. The number of anilines is 2. The van der Waals surface area contributed by atoms with E-state index >= 15 is 0 Å². The van der Waals surface area contributed by atoms with Crippen LogP contribution in [-0.4, -0.2) is 31.2 Å². The lowest BCUT2D eigenvalue weighted by Crippen LogP contribution is -2.25. The second-order valence-electron chi connectivity index (χ2n) is 8.81. The predicted octanol–water partition coefficient (Wildman–Crippen LogP) is 4.62. The number of nitrogens with zero attached hydrogens (tertiary/aromatic N) is 1. The van der Waals surface area contributed by atoms with E-state index in [0.29, 0.717) is 17.5 Å². The lowest BCUT2D eigenvalue weighted by molar-refractivity contribution is -0.117. The molecule has 4 N–H and O–H groups in total. The summed E-state index contributed by atoms with van der Waals surface area (Å²) < 4.78 is 11.0. The highest BCUT2D eigenvalue weighted by Gasteiger charge is 2.18. The molecule has 7 nitrogen and oxygen atoms in total. The molecule has 0 unspecified atom stereocenters. The topological polar surface area (TPSA) is 98.5 Å². The molecule has 0 saturated heterocycles. The van der Waals surface area contributed by atoms with Gasteiger partial charge in [0, 0.05) is 41.5 Å². The zero-order valence-electron chi connectivity index (χ0n) is 20.2. The van der Waals surface area contributed by atoms with E-state index in [1.165, 1.54) is 36.8 Å². The lowest BCUT2D eigenvalue weighted by Gasteiger charge is -2.20. The van der Waals surface area contributed by atoms with Gasteiger partial charge in [0.05, 0.1) is 31.8 Å². The predicted molar refractivity (Wildman–Crippen MR) is 136 cm³/mol. The van der Waals surface area contributed by atoms with Gasteiger partial charge in [0.1, 0.15) is 0 Å². The first-order valence-corrected chi connectivity index (χ1v) is 12.0. The van der Waals surface area contributed by atoms with Crippen LogP contribution >= 0.6 is 0 Å². The van der Waals surface area contributed by atoms with Crippen LogP contribution in [0.15, 0.2) is 36.5 Å². The van der Waals surface area contributed by atoms with Gasteiger partial charge in [-0.1, -0.05) is 31.9 Å². The van der Waals surface area contributed by atoms with Gasteiger partial charge in [-0.25, -0.2) is 0 Å². The van der Waals surface area contributed by atoms with Crippen LogP contribution in [0.2, 0.25) is 0 Å². The van der Waals surface area contributed by atoms with Crippen LogP contribution in [-0.2, 0) is 24.2 Å². The molecule has 7 heteroatoms. The SMILES string of the molecule is CCc1c(CNC2CCCC2)cccc1Nc1c(CC(N)=O)cnc2cc(OC)c(OC)cc12. The number of methoxy groups -OCH3 is 2. The van der Waals surface area contributed by atoms with Crippen molar-refractivity contribution in [2.45, 2.75) is 58.0 Å². The van der Waals surface area contributed by atoms with Crippen molar-refractivity contribution in [2.24, 2.45) is 5.73 Å². The van der Waals surface area contributed by atoms with E-state index in [4.69, 9.17) is 15.2 Å². The first-order valence-electron chi connectivity index (χ1n) is 12.0. The van der Waals surface area contributed by atoms with Crippen molar-refractivity contribution < 1.29 is 14.3 Å². The number of amides is 1. The minimum absolute atomic E-state index is 0.0873. The number of pyridine rings is 1. The summed E-state index contributed by atoms with van der Waals surface area (Å²) >= 11 is 0. The van der Waals surface area contributed by atoms with E-state index in [1.807, 2.05) is 12.1 Å². The van der Waals surface area contributed by atoms with Crippen LogP contribution in [0.4, 0.5) is 11.4 Å². The van der Waals surface area contributed by atoms with E-state index < -0.39 is 5.91 Å². The molecule has 1 fully saturated rings. The van der Waals surface area contributed by atoms with Crippen molar-refractivity contribution in [1.29, 1.82) is 0 Å². The number of nitrogens with one attached hydrogen (secondary N) is 2. The molecule has 0 atom stereocenters. The summed E-state index contributed by atoms with van der Waals surface area (Å²) in [5.74, 6) is 0.793. The standard InChI is InChI=1S/C27H34N4O3/c1-4-20-17(15-29-19-9-5-6-10-19)8-7-11-22(20)31-27-18(12-26(28)32)16-30-23-14-25(34-3)24(33-2)13-21(23)27/h7-8,11,13-14,16,19,29H,4-6,9-10,12,15H2,1-3H3,(H2,28,32)(H,30,31). The first kappa shape index (κ1) is 23.8. The molecule has 1 heterocycles. The molecule has 4 rings (SSSR count). The Morgan fingerprint density at radius 2 is 1.85 bits per heavy atom. The third-order valence-electron chi connectivity index (χ3n) is 6.64. The van der Waals surface area contributed by atoms with Crippen molar-refractivity contribution >= 4 is 28.2 Å². The van der Waals surface area contributed by atoms with Gasteiger partial charge in [0.2, 0.25) is 5.91 Å². The Morgan fingerprint density at radius 1 is 1.12 bits per heavy atom. The second-order valence-corrected chi connectivity index (χ2v) is 8.81. The summed E-state index contributed by atoms with van der Waals surface area (Å²) in [5.41, 5.74) is 11.4. The monoisotopic (exact) mass is 462 g/mol. The van der Waals surface area contributed by atoms with Crippen LogP contribution in [0.3, 0.4) is 0 Å². The third kappa shape index (κ3) is 5.09. The van der Waals surface area contributed by atoms with E-state index in [0.717, 1.165) is 40.8 Å². The third-order valence-corrected chi connectivity index (χ3v) is 6.64. The summed E-state index contributed by atoms with van der Waals surface area (Å²) in [6.07, 6.45) is 7.81. The van der Waals surface area contributed by atoms with Crippen molar-refractivity contribution in [3.63, 3.8) is 0 Å². The van der Waals surface area contributed by atoms with Crippen molar-refractivity contribution in [1.82, 2.24) is 10.3 Å². The smallest absolute Gasteiger partial charge is 0.221 e. The molecule has 1 aliphatic rings. The molecule has 180 valence electrons. The highest BCUT2D eigenvalue weighted by molar-refractivity contribution is 5.98. The summed E-state index contributed by atoms with van der Waals surface area (Å²) in [4.78, 5) is 16.4. The Labute approximate surface area is 201 Å². The molecular formula is C27H34N4O3. The van der Waals surface area contributed by atoms with Crippen molar-refractivity contribution in [3.05, 3.63) is 53.2 Å². The Balaban J connectivity index is 1.76. The van der Waals surface area contributed by atoms with E-state index in [-0.39, 0.29) is 6.42 Å². The Hall–Kier alpha value is -3.32. The zero-order valence-corrected chi connectivity index (χ0v) is 20.2. The Kier molecular flexibility index (Phi) is 7.53. The molecule has 0 spiro atoms. The van der Waals surface area contributed by atoms with Crippen LogP contribution < -0.4 is 25.8 Å². The molecule has 0 aliphatic heterocycles. The van der Waals surface area contributed by atoms with Gasteiger partial charge in [-0.15, -0.1) is 0 Å². The van der Waals surface area contributed by atoms with Crippen LogP contribution in [0.25, 0.3) is 10.9 Å². The summed E-state index contributed by atoms with van der Waals surface area (Å²) in [7, 11) is 3.20. The normalized spacial score (nSPS) is 13.9. The number of benzene rings is 2. The fourth-order valence-electron chi connectivity index (χ4n) is 4.88. The molecule has 3 aromatic rings. The largest absolute Gasteiger partial charge is 0.493 e. The van der Waals surface area contributed by atoms with E-state index in [2.05, 4.69) is 40.7 Å². The number of rotatable bonds is 10. The van der Waals surface area contributed by atoms with Gasteiger partial charge in [0.25, 0.3) is 0 Å². The van der Waals surface area contributed by atoms with Crippen molar-refractivity contribution in [3.8, 4) is 11.5 Å². The lowest BCUT2D eigenvalue weighted by atomic mass is 10.0. The highest BCUT2D eigenvalue weighted by Crippen LogP contribution is 2.38. The van der Waals surface area contributed by atoms with Crippen LogP contribution in [0.1, 0.15) is 49.3 Å². The Bertz CT molecular complexity index is 1170. The van der Waals surface area contributed by atoms with Crippen molar-refractivity contribution in [2.75, 3.05) is 19.5 Å². The van der Waals surface area contributed by atoms with Gasteiger partial charge >= 0.3 is 0 Å². The van der Waals surface area contributed by atoms with Gasteiger partial charge in [0.15, 0.2) is 11.5 Å². The fraction of sp³-hybridized carbons (Fsp3) is 0.407. The molecule has 34 heavy (non-hydrogen) atoms. The summed E-state index contributed by atoms with van der Waals surface area (Å²) in [6, 6.07) is 10.7. The number of primary amides is 1.